The molecule has 0 N–H and O–H groups in total. The lowest BCUT2D eigenvalue weighted by molar-refractivity contribution is 1.69. The van der Waals surface area contributed by atoms with Crippen LogP contribution in [-0.2, 0) is 0 Å². The molecular weight excluding hydrogens is 541 g/mol. The van der Waals surface area contributed by atoms with Crippen molar-refractivity contribution in [3.8, 4) is 22.3 Å². The number of fused-ring (bicyclic) bond motifs is 8. The zero-order valence-corrected chi connectivity index (χ0v) is 24.0. The zero-order chi connectivity index (χ0) is 28.5. The monoisotopic (exact) mass is 564 g/mol. The first-order chi connectivity index (χ1) is 21.2. The molecule has 9 rings (SSSR count). The van der Waals surface area contributed by atoms with Crippen LogP contribution in [0.4, 0.5) is 0 Å². The number of hydrogen-bond donors (Lipinski definition) is 0. The third-order valence-corrected chi connectivity index (χ3v) is 9.98. The van der Waals surface area contributed by atoms with Gasteiger partial charge < -0.3 is 0 Å². The molecule has 1 heterocycles. The zero-order valence-electron chi connectivity index (χ0n) is 23.2. The van der Waals surface area contributed by atoms with Crippen molar-refractivity contribution >= 4 is 74.6 Å². The molecule has 2 heteroatoms. The van der Waals surface area contributed by atoms with Gasteiger partial charge in [0.15, 0.2) is 5.43 Å². The number of benzene rings is 8. The molecule has 0 atom stereocenters. The summed E-state index contributed by atoms with van der Waals surface area (Å²) in [4.78, 5) is 14.2. The fourth-order valence-electron chi connectivity index (χ4n) is 6.78. The van der Waals surface area contributed by atoms with Crippen LogP contribution in [0.5, 0.6) is 0 Å². The van der Waals surface area contributed by atoms with Gasteiger partial charge in [0, 0.05) is 20.2 Å². The van der Waals surface area contributed by atoms with Crippen molar-refractivity contribution in [1.82, 2.24) is 0 Å². The third kappa shape index (κ3) is 3.74. The molecule has 8 aromatic carbocycles. The molecule has 1 nitrogen and oxygen atoms in total. The second kappa shape index (κ2) is 9.35. The highest BCUT2D eigenvalue weighted by atomic mass is 32.1. The van der Waals surface area contributed by atoms with Crippen molar-refractivity contribution in [2.24, 2.45) is 0 Å². The summed E-state index contributed by atoms with van der Waals surface area (Å²) < 4.78 is 2.02. The highest BCUT2D eigenvalue weighted by Gasteiger charge is 2.14. The Labute approximate surface area is 251 Å². The van der Waals surface area contributed by atoms with Crippen LogP contribution in [0.25, 0.3) is 85.5 Å². The lowest BCUT2D eigenvalue weighted by Crippen LogP contribution is -2.01. The van der Waals surface area contributed by atoms with Gasteiger partial charge in [-0.3, -0.25) is 4.79 Å². The van der Waals surface area contributed by atoms with Crippen LogP contribution in [0.1, 0.15) is 0 Å². The molecule has 9 aromatic rings. The molecule has 0 fully saturated rings. The van der Waals surface area contributed by atoms with Crippen LogP contribution in [0.2, 0.25) is 0 Å². The van der Waals surface area contributed by atoms with Crippen molar-refractivity contribution in [1.29, 1.82) is 0 Å². The Bertz CT molecular complexity index is 2460. The Hall–Kier alpha value is -5.31. The Kier molecular flexibility index (Phi) is 5.29. The van der Waals surface area contributed by atoms with Gasteiger partial charge in [0.25, 0.3) is 0 Å². The summed E-state index contributed by atoms with van der Waals surface area (Å²) in [5, 5.41) is 11.3. The maximum Gasteiger partial charge on any atom is 0.195 e. The molecule has 0 aliphatic heterocycles. The van der Waals surface area contributed by atoms with Crippen molar-refractivity contribution in [3.05, 3.63) is 156 Å². The minimum absolute atomic E-state index is 0.0858. The maximum absolute atomic E-state index is 14.2. The fraction of sp³-hybridized carbons (Fsp3) is 0. The average molecular weight is 565 g/mol. The molecule has 0 saturated carbocycles. The van der Waals surface area contributed by atoms with E-state index in [-0.39, 0.29) is 5.43 Å². The largest absolute Gasteiger partial charge is 0.289 e. The lowest BCUT2D eigenvalue weighted by atomic mass is 9.92. The highest BCUT2D eigenvalue weighted by molar-refractivity contribution is 7.24. The predicted octanol–water partition coefficient (Wildman–Crippen LogP) is 11.4. The molecule has 0 aliphatic carbocycles. The van der Waals surface area contributed by atoms with E-state index in [4.69, 9.17) is 0 Å². The van der Waals surface area contributed by atoms with Crippen LogP contribution in [0.15, 0.2) is 150 Å². The van der Waals surface area contributed by atoms with E-state index < -0.39 is 0 Å². The molecule has 0 aliphatic rings. The van der Waals surface area contributed by atoms with Crippen molar-refractivity contribution in [2.45, 2.75) is 0 Å². The topological polar surface area (TPSA) is 17.1 Å². The minimum atomic E-state index is 0.0858. The van der Waals surface area contributed by atoms with Gasteiger partial charge in [0.1, 0.15) is 0 Å². The van der Waals surface area contributed by atoms with Gasteiger partial charge in [0.2, 0.25) is 0 Å². The third-order valence-electron chi connectivity index (χ3n) is 8.83. The molecular formula is C41H24OS. The molecule has 43 heavy (non-hydrogen) atoms. The number of rotatable bonds is 2. The standard InChI is InChI=1S/C41H24OS/c42-41-37-23-27(35-21-25-9-1-3-11-29(25)31-13-5-7-15-33(31)35)17-19-39(37)43-40-20-18-28(24-38(40)41)36-22-26-10-2-4-12-30(26)32-14-6-8-16-34(32)36/h1-24H. The molecule has 0 bridgehead atoms. The van der Waals surface area contributed by atoms with Gasteiger partial charge in [-0.15, -0.1) is 11.3 Å². The molecule has 0 spiro atoms. The summed E-state index contributed by atoms with van der Waals surface area (Å²) in [5.74, 6) is 0. The fourth-order valence-corrected chi connectivity index (χ4v) is 7.81. The summed E-state index contributed by atoms with van der Waals surface area (Å²) in [6.07, 6.45) is 0. The normalized spacial score (nSPS) is 11.8. The first kappa shape index (κ1) is 24.3. The van der Waals surface area contributed by atoms with E-state index in [1.807, 2.05) is 0 Å². The second-order valence-electron chi connectivity index (χ2n) is 11.2. The summed E-state index contributed by atoms with van der Waals surface area (Å²) >= 11 is 1.69. The molecule has 0 saturated heterocycles. The van der Waals surface area contributed by atoms with E-state index in [1.165, 1.54) is 43.1 Å². The van der Waals surface area contributed by atoms with E-state index >= 15 is 0 Å². The Morgan fingerprint density at radius 1 is 0.349 bits per heavy atom. The van der Waals surface area contributed by atoms with Gasteiger partial charge in [0.05, 0.1) is 0 Å². The van der Waals surface area contributed by atoms with Crippen LogP contribution >= 0.6 is 11.3 Å². The second-order valence-corrected chi connectivity index (χ2v) is 12.3. The molecule has 0 amide bonds. The Morgan fingerprint density at radius 3 is 1.21 bits per heavy atom. The van der Waals surface area contributed by atoms with Gasteiger partial charge in [-0.05, 0) is 102 Å². The van der Waals surface area contributed by atoms with Crippen molar-refractivity contribution in [2.75, 3.05) is 0 Å². The van der Waals surface area contributed by atoms with E-state index in [0.717, 1.165) is 42.4 Å². The maximum atomic E-state index is 14.2. The SMILES string of the molecule is O=c1c2cc(-c3cc4ccccc4c4ccccc34)ccc2sc2ccc(-c3cc4ccccc4c4ccccc34)cc12. The van der Waals surface area contributed by atoms with E-state index in [0.29, 0.717) is 0 Å². The van der Waals surface area contributed by atoms with Gasteiger partial charge in [-0.25, -0.2) is 0 Å². The Balaban J connectivity index is 1.28. The van der Waals surface area contributed by atoms with E-state index in [1.54, 1.807) is 11.3 Å². The molecule has 0 unspecified atom stereocenters. The quantitative estimate of drug-likeness (QED) is 0.151. The molecule has 200 valence electrons. The van der Waals surface area contributed by atoms with Crippen LogP contribution < -0.4 is 5.43 Å². The van der Waals surface area contributed by atoms with Crippen molar-refractivity contribution < 1.29 is 0 Å². The van der Waals surface area contributed by atoms with Crippen LogP contribution in [-0.4, -0.2) is 0 Å². The summed E-state index contributed by atoms with van der Waals surface area (Å²) in [6, 6.07) is 51.4. The van der Waals surface area contributed by atoms with Crippen LogP contribution in [0, 0.1) is 0 Å². The first-order valence-electron chi connectivity index (χ1n) is 14.6. The van der Waals surface area contributed by atoms with Crippen molar-refractivity contribution in [3.63, 3.8) is 0 Å². The number of hydrogen-bond acceptors (Lipinski definition) is 2. The Morgan fingerprint density at radius 2 is 0.744 bits per heavy atom. The average Bonchev–Trinajstić information content (AvgIpc) is 3.07. The predicted molar refractivity (Wildman–Crippen MR) is 186 cm³/mol. The molecule has 1 aromatic heterocycles. The first-order valence-corrected chi connectivity index (χ1v) is 15.4. The summed E-state index contributed by atoms with van der Waals surface area (Å²) in [6.45, 7) is 0. The van der Waals surface area contributed by atoms with Gasteiger partial charge in [-0.1, -0.05) is 109 Å². The lowest BCUT2D eigenvalue weighted by Gasteiger charge is -2.13. The summed E-state index contributed by atoms with van der Waals surface area (Å²) in [7, 11) is 0. The molecule has 0 radical (unpaired) electrons. The summed E-state index contributed by atoms with van der Waals surface area (Å²) in [5.41, 5.74) is 4.52. The van der Waals surface area contributed by atoms with E-state index in [9.17, 15) is 4.79 Å². The highest BCUT2D eigenvalue weighted by Crippen LogP contribution is 2.39. The minimum Gasteiger partial charge on any atom is -0.289 e. The van der Waals surface area contributed by atoms with Gasteiger partial charge in [-0.2, -0.15) is 0 Å². The van der Waals surface area contributed by atoms with Crippen LogP contribution in [0.3, 0.4) is 0 Å². The smallest absolute Gasteiger partial charge is 0.195 e. The van der Waals surface area contributed by atoms with Gasteiger partial charge >= 0.3 is 0 Å². The van der Waals surface area contributed by atoms with E-state index in [2.05, 4.69) is 146 Å².